The van der Waals surface area contributed by atoms with Gasteiger partial charge in [0.2, 0.25) is 5.91 Å². The number of nitrogens with one attached hydrogen (secondary N) is 2. The Hall–Kier alpha value is -2.78. The molecule has 154 valence electrons. The number of nitro groups is 1. The smallest absolute Gasteiger partial charge is 0.270 e. The molecule has 0 bridgehead atoms. The number of amides is 2. The van der Waals surface area contributed by atoms with E-state index in [1.165, 1.54) is 29.1 Å². The maximum atomic E-state index is 12.1. The molecule has 0 atom stereocenters. The summed E-state index contributed by atoms with van der Waals surface area (Å²) in [5.41, 5.74) is -0.00219. The second-order valence-electron chi connectivity index (χ2n) is 7.09. The summed E-state index contributed by atoms with van der Waals surface area (Å²) in [7, 11) is 0. The van der Waals surface area contributed by atoms with Crippen molar-refractivity contribution in [3.63, 3.8) is 0 Å². The van der Waals surface area contributed by atoms with Crippen LogP contribution in [0.3, 0.4) is 0 Å². The molecule has 1 aromatic carbocycles. The zero-order chi connectivity index (χ0) is 20.6. The Kier molecular flexibility index (Phi) is 7.31. The highest BCUT2D eigenvalue weighted by Gasteiger charge is 2.20. The molecule has 2 heterocycles. The number of nitro benzene ring substituents is 1. The quantitative estimate of drug-likeness (QED) is 0.508. The topological polar surface area (TPSA) is 105 Å². The summed E-state index contributed by atoms with van der Waals surface area (Å²) in [6, 6.07) is 9.65. The monoisotopic (exact) mass is 416 g/mol. The zero-order valence-corrected chi connectivity index (χ0v) is 16.8. The Labute approximate surface area is 173 Å². The van der Waals surface area contributed by atoms with Crippen LogP contribution in [0.15, 0.2) is 41.8 Å². The fourth-order valence-corrected chi connectivity index (χ4v) is 4.06. The second-order valence-corrected chi connectivity index (χ2v) is 8.13. The molecule has 0 aliphatic carbocycles. The Balaban J connectivity index is 1.34. The molecule has 0 saturated carbocycles. The van der Waals surface area contributed by atoms with Crippen molar-refractivity contribution in [1.29, 1.82) is 0 Å². The molecule has 0 radical (unpaired) electrons. The number of hydrogen-bond acceptors (Lipinski definition) is 6. The Bertz CT molecular complexity index is 848. The number of thiophene rings is 1. The van der Waals surface area contributed by atoms with Gasteiger partial charge in [-0.2, -0.15) is 0 Å². The van der Waals surface area contributed by atoms with E-state index in [0.29, 0.717) is 12.5 Å². The molecule has 0 spiro atoms. The number of hydrogen-bond donors (Lipinski definition) is 2. The standard InChI is InChI=1S/C20H24N4O4S/c25-19(13-22-20(26)16-3-1-4-17(11-16)24(27)28)21-12-15-6-8-23(9-7-15)14-18-5-2-10-29-18/h1-5,10-11,15H,6-9,12-14H2,(H,21,25)(H,22,26). The van der Waals surface area contributed by atoms with Crippen molar-refractivity contribution in [3.8, 4) is 0 Å². The number of carbonyl (C=O) groups excluding carboxylic acids is 2. The molecule has 2 aromatic rings. The summed E-state index contributed by atoms with van der Waals surface area (Å²) in [5, 5.41) is 18.3. The average molecular weight is 417 g/mol. The van der Waals surface area contributed by atoms with E-state index in [9.17, 15) is 19.7 Å². The molecule has 1 aliphatic heterocycles. The van der Waals surface area contributed by atoms with Crippen molar-refractivity contribution in [1.82, 2.24) is 15.5 Å². The van der Waals surface area contributed by atoms with Crippen molar-refractivity contribution in [3.05, 3.63) is 62.3 Å². The fraction of sp³-hybridized carbons (Fsp3) is 0.400. The van der Waals surface area contributed by atoms with Crippen LogP contribution in [-0.2, 0) is 11.3 Å². The van der Waals surface area contributed by atoms with Crippen LogP contribution in [0, 0.1) is 16.0 Å². The molecule has 3 rings (SSSR count). The highest BCUT2D eigenvalue weighted by molar-refractivity contribution is 7.09. The number of likely N-dealkylation sites (tertiary alicyclic amines) is 1. The first-order valence-electron chi connectivity index (χ1n) is 9.55. The predicted octanol–water partition coefficient (Wildman–Crippen LogP) is 2.41. The zero-order valence-electron chi connectivity index (χ0n) is 16.0. The van der Waals surface area contributed by atoms with Gasteiger partial charge in [0.15, 0.2) is 0 Å². The molecule has 2 N–H and O–H groups in total. The van der Waals surface area contributed by atoms with Gasteiger partial charge < -0.3 is 10.6 Å². The minimum Gasteiger partial charge on any atom is -0.354 e. The summed E-state index contributed by atoms with van der Waals surface area (Å²) in [4.78, 5) is 38.1. The normalized spacial score (nSPS) is 15.0. The van der Waals surface area contributed by atoms with Crippen molar-refractivity contribution in [2.75, 3.05) is 26.2 Å². The number of non-ortho nitro benzene ring substituents is 1. The highest BCUT2D eigenvalue weighted by Crippen LogP contribution is 2.20. The third-order valence-electron chi connectivity index (χ3n) is 4.98. The minimum atomic E-state index is -0.560. The van der Waals surface area contributed by atoms with Gasteiger partial charge >= 0.3 is 0 Å². The maximum absolute atomic E-state index is 12.1. The Morgan fingerprint density at radius 2 is 1.97 bits per heavy atom. The van der Waals surface area contributed by atoms with Crippen molar-refractivity contribution in [2.24, 2.45) is 5.92 Å². The second kappa shape index (κ2) is 10.1. The number of carbonyl (C=O) groups is 2. The van der Waals surface area contributed by atoms with Gasteiger partial charge in [0.25, 0.3) is 11.6 Å². The molecule has 8 nitrogen and oxygen atoms in total. The van der Waals surface area contributed by atoms with Crippen LogP contribution in [0.1, 0.15) is 28.1 Å². The summed E-state index contributed by atoms with van der Waals surface area (Å²) >= 11 is 1.77. The van der Waals surface area contributed by atoms with Crippen molar-refractivity contribution >= 4 is 28.8 Å². The molecule has 1 aliphatic rings. The molecular weight excluding hydrogens is 392 g/mol. The van der Waals surface area contributed by atoms with Crippen LogP contribution in [0.25, 0.3) is 0 Å². The van der Waals surface area contributed by atoms with Crippen molar-refractivity contribution < 1.29 is 14.5 Å². The van der Waals surface area contributed by atoms with E-state index in [4.69, 9.17) is 0 Å². The lowest BCUT2D eigenvalue weighted by atomic mass is 9.97. The molecule has 1 aromatic heterocycles. The van der Waals surface area contributed by atoms with Crippen LogP contribution in [0.5, 0.6) is 0 Å². The average Bonchev–Trinajstić information content (AvgIpc) is 3.24. The van der Waals surface area contributed by atoms with Gasteiger partial charge in [-0.3, -0.25) is 24.6 Å². The number of nitrogens with zero attached hydrogens (tertiary/aromatic N) is 2. The molecular formula is C20H24N4O4S. The summed E-state index contributed by atoms with van der Waals surface area (Å²) in [6.45, 7) is 3.46. The van der Waals surface area contributed by atoms with Gasteiger partial charge in [-0.25, -0.2) is 0 Å². The summed E-state index contributed by atoms with van der Waals surface area (Å²) in [5.74, 6) is -0.332. The Morgan fingerprint density at radius 3 is 2.66 bits per heavy atom. The van der Waals surface area contributed by atoms with E-state index in [1.807, 2.05) is 0 Å². The number of piperidine rings is 1. The van der Waals surface area contributed by atoms with Crippen LogP contribution in [-0.4, -0.2) is 47.8 Å². The van der Waals surface area contributed by atoms with E-state index in [2.05, 4.69) is 33.0 Å². The van der Waals surface area contributed by atoms with Gasteiger partial charge in [0.05, 0.1) is 11.5 Å². The third kappa shape index (κ3) is 6.37. The first kappa shape index (κ1) is 20.9. The van der Waals surface area contributed by atoms with Gasteiger partial charge in [-0.05, 0) is 49.4 Å². The minimum absolute atomic E-state index is 0.154. The highest BCUT2D eigenvalue weighted by atomic mass is 32.1. The number of benzene rings is 1. The molecule has 1 fully saturated rings. The van der Waals surface area contributed by atoms with Gasteiger partial charge in [0, 0.05) is 35.7 Å². The Morgan fingerprint density at radius 1 is 1.17 bits per heavy atom. The lowest BCUT2D eigenvalue weighted by Gasteiger charge is -2.31. The van der Waals surface area contributed by atoms with Gasteiger partial charge in [-0.1, -0.05) is 12.1 Å². The van der Waals surface area contributed by atoms with Crippen LogP contribution in [0.4, 0.5) is 5.69 Å². The SMILES string of the molecule is O=C(CNC(=O)c1cccc([N+](=O)[O-])c1)NCC1CCN(Cc2cccs2)CC1. The molecule has 9 heteroatoms. The predicted molar refractivity (Wildman–Crippen MR) is 111 cm³/mol. The number of rotatable bonds is 8. The molecule has 29 heavy (non-hydrogen) atoms. The lowest BCUT2D eigenvalue weighted by Crippen LogP contribution is -2.41. The fourth-order valence-electron chi connectivity index (χ4n) is 3.32. The first-order valence-corrected chi connectivity index (χ1v) is 10.4. The van der Waals surface area contributed by atoms with Crippen LogP contribution in [0.2, 0.25) is 0 Å². The summed E-state index contributed by atoms with van der Waals surface area (Å²) in [6.07, 6.45) is 2.07. The molecule has 0 unspecified atom stereocenters. The van der Waals surface area contributed by atoms with Crippen LogP contribution < -0.4 is 10.6 Å². The maximum Gasteiger partial charge on any atom is 0.270 e. The first-order chi connectivity index (χ1) is 14.0. The third-order valence-corrected chi connectivity index (χ3v) is 5.84. The van der Waals surface area contributed by atoms with E-state index < -0.39 is 10.8 Å². The van der Waals surface area contributed by atoms with E-state index in [-0.39, 0.29) is 23.7 Å². The molecule has 1 saturated heterocycles. The van der Waals surface area contributed by atoms with E-state index in [1.54, 1.807) is 11.3 Å². The van der Waals surface area contributed by atoms with E-state index >= 15 is 0 Å². The van der Waals surface area contributed by atoms with E-state index in [0.717, 1.165) is 32.5 Å². The summed E-state index contributed by atoms with van der Waals surface area (Å²) < 4.78 is 0. The largest absolute Gasteiger partial charge is 0.354 e. The van der Waals surface area contributed by atoms with Crippen LogP contribution >= 0.6 is 11.3 Å². The lowest BCUT2D eigenvalue weighted by molar-refractivity contribution is -0.384. The van der Waals surface area contributed by atoms with Crippen molar-refractivity contribution in [2.45, 2.75) is 19.4 Å². The molecule has 2 amide bonds. The van der Waals surface area contributed by atoms with Gasteiger partial charge in [0.1, 0.15) is 0 Å². The van der Waals surface area contributed by atoms with Gasteiger partial charge in [-0.15, -0.1) is 11.3 Å².